The number of nitrogens with zero attached hydrogens (tertiary/aromatic N) is 1. The maximum Gasteiger partial charge on any atom is 0.317 e. The van der Waals surface area contributed by atoms with Gasteiger partial charge in [0.1, 0.15) is 0 Å². The zero-order valence-corrected chi connectivity index (χ0v) is 11.8. The van der Waals surface area contributed by atoms with E-state index in [4.69, 9.17) is 0 Å². The summed E-state index contributed by atoms with van der Waals surface area (Å²) >= 11 is 0. The summed E-state index contributed by atoms with van der Waals surface area (Å²) in [6.45, 7) is 4.97. The van der Waals surface area contributed by atoms with Gasteiger partial charge >= 0.3 is 12.0 Å². The van der Waals surface area contributed by atoms with Crippen LogP contribution >= 0.6 is 0 Å². The fourth-order valence-corrected chi connectivity index (χ4v) is 3.42. The van der Waals surface area contributed by atoms with Crippen molar-refractivity contribution in [1.29, 1.82) is 0 Å². The van der Waals surface area contributed by atoms with Crippen LogP contribution in [-0.4, -0.2) is 40.6 Å². The van der Waals surface area contributed by atoms with E-state index >= 15 is 0 Å². The van der Waals surface area contributed by atoms with E-state index < -0.39 is 11.9 Å². The lowest BCUT2D eigenvalue weighted by Crippen LogP contribution is -2.51. The molecule has 1 aliphatic carbocycles. The third-order valence-electron chi connectivity index (χ3n) is 4.44. The minimum absolute atomic E-state index is 0.0880. The molecule has 1 aliphatic heterocycles. The van der Waals surface area contributed by atoms with Crippen molar-refractivity contribution in [2.75, 3.05) is 6.54 Å². The van der Waals surface area contributed by atoms with E-state index in [2.05, 4.69) is 19.2 Å². The van der Waals surface area contributed by atoms with Crippen LogP contribution in [0, 0.1) is 11.8 Å². The van der Waals surface area contributed by atoms with Crippen molar-refractivity contribution in [1.82, 2.24) is 10.2 Å². The van der Waals surface area contributed by atoms with Crippen molar-refractivity contribution in [3.63, 3.8) is 0 Å². The van der Waals surface area contributed by atoms with E-state index in [9.17, 15) is 14.7 Å². The van der Waals surface area contributed by atoms with E-state index in [0.717, 1.165) is 32.2 Å². The molecular formula is C14H24N2O3. The van der Waals surface area contributed by atoms with Gasteiger partial charge < -0.3 is 15.3 Å². The summed E-state index contributed by atoms with van der Waals surface area (Å²) in [4.78, 5) is 25.3. The number of rotatable bonds is 2. The number of likely N-dealkylation sites (tertiary alicyclic amines) is 1. The van der Waals surface area contributed by atoms with E-state index in [1.807, 2.05) is 4.90 Å². The topological polar surface area (TPSA) is 69.6 Å². The molecule has 0 aromatic rings. The first-order chi connectivity index (χ1) is 8.99. The average Bonchev–Trinajstić information content (AvgIpc) is 2.69. The number of hydrogen-bond acceptors (Lipinski definition) is 2. The molecule has 1 saturated carbocycles. The van der Waals surface area contributed by atoms with E-state index in [1.54, 1.807) is 0 Å². The molecule has 1 heterocycles. The second-order valence-corrected chi connectivity index (χ2v) is 6.13. The number of nitrogens with one attached hydrogen (secondary N) is 1. The number of hydrogen-bond donors (Lipinski definition) is 2. The molecule has 108 valence electrons. The fourth-order valence-electron chi connectivity index (χ4n) is 3.42. The smallest absolute Gasteiger partial charge is 0.317 e. The summed E-state index contributed by atoms with van der Waals surface area (Å²) in [5.41, 5.74) is 0. The summed E-state index contributed by atoms with van der Waals surface area (Å²) in [5, 5.41) is 12.2. The third kappa shape index (κ3) is 3.19. The Morgan fingerprint density at radius 2 is 1.89 bits per heavy atom. The Balaban J connectivity index is 1.95. The van der Waals surface area contributed by atoms with Gasteiger partial charge in [0, 0.05) is 18.6 Å². The van der Waals surface area contributed by atoms with Crippen LogP contribution in [0.3, 0.4) is 0 Å². The Morgan fingerprint density at radius 1 is 1.21 bits per heavy atom. The summed E-state index contributed by atoms with van der Waals surface area (Å²) < 4.78 is 0. The minimum atomic E-state index is -0.784. The van der Waals surface area contributed by atoms with Crippen LogP contribution < -0.4 is 5.32 Å². The van der Waals surface area contributed by atoms with Gasteiger partial charge in [0.15, 0.2) is 0 Å². The van der Waals surface area contributed by atoms with Gasteiger partial charge in [-0.1, -0.05) is 19.8 Å². The summed E-state index contributed by atoms with van der Waals surface area (Å²) in [7, 11) is 0. The summed E-state index contributed by atoms with van der Waals surface area (Å²) in [5.74, 6) is -0.678. The van der Waals surface area contributed by atoms with Crippen LogP contribution in [0.5, 0.6) is 0 Å². The first kappa shape index (κ1) is 14.2. The van der Waals surface area contributed by atoms with Crippen molar-refractivity contribution in [2.45, 2.75) is 58.0 Å². The molecule has 4 atom stereocenters. The molecular weight excluding hydrogens is 244 g/mol. The standard InChI is InChI=1S/C14H24N2O3/c1-9-7-10(2)16(8-9)14(19)15-12-6-4-3-5-11(12)13(17)18/h9-12H,3-8H2,1-2H3,(H,15,19)(H,17,18). The Kier molecular flexibility index (Phi) is 4.32. The molecule has 4 unspecified atom stereocenters. The van der Waals surface area contributed by atoms with E-state index in [0.29, 0.717) is 12.3 Å². The summed E-state index contributed by atoms with van der Waals surface area (Å²) in [6.07, 6.45) is 4.42. The third-order valence-corrected chi connectivity index (χ3v) is 4.44. The molecule has 0 aromatic carbocycles. The molecule has 0 bridgehead atoms. The quantitative estimate of drug-likeness (QED) is 0.805. The molecule has 5 heteroatoms. The van der Waals surface area contributed by atoms with Gasteiger partial charge in [-0.2, -0.15) is 0 Å². The maximum atomic E-state index is 12.3. The Labute approximate surface area is 114 Å². The maximum absolute atomic E-state index is 12.3. The second-order valence-electron chi connectivity index (χ2n) is 6.13. The van der Waals surface area contributed by atoms with Crippen LogP contribution in [-0.2, 0) is 4.79 Å². The van der Waals surface area contributed by atoms with Gasteiger partial charge in [-0.3, -0.25) is 4.79 Å². The largest absolute Gasteiger partial charge is 0.481 e. The highest BCUT2D eigenvalue weighted by Crippen LogP contribution is 2.26. The molecule has 0 radical (unpaired) electrons. The SMILES string of the molecule is CC1CC(C)N(C(=O)NC2CCCCC2C(=O)O)C1. The van der Waals surface area contributed by atoms with Crippen molar-refractivity contribution in [3.05, 3.63) is 0 Å². The minimum Gasteiger partial charge on any atom is -0.481 e. The molecule has 2 aliphatic rings. The van der Waals surface area contributed by atoms with E-state index in [-0.39, 0.29) is 18.1 Å². The van der Waals surface area contributed by atoms with Crippen LogP contribution in [0.4, 0.5) is 4.79 Å². The molecule has 0 spiro atoms. The van der Waals surface area contributed by atoms with Crippen LogP contribution in [0.25, 0.3) is 0 Å². The second kappa shape index (κ2) is 5.80. The Bertz CT molecular complexity index is 359. The number of carbonyl (C=O) groups is 2. The molecule has 1 saturated heterocycles. The Morgan fingerprint density at radius 3 is 2.47 bits per heavy atom. The lowest BCUT2D eigenvalue weighted by Gasteiger charge is -2.32. The predicted molar refractivity (Wildman–Crippen MR) is 71.9 cm³/mol. The normalized spacial score (nSPS) is 35.2. The molecule has 2 rings (SSSR count). The number of aliphatic carboxylic acids is 1. The molecule has 0 aromatic heterocycles. The predicted octanol–water partition coefficient (Wildman–Crippen LogP) is 2.07. The highest BCUT2D eigenvalue weighted by atomic mass is 16.4. The van der Waals surface area contributed by atoms with Crippen molar-refractivity contribution in [3.8, 4) is 0 Å². The van der Waals surface area contributed by atoms with Crippen LogP contribution in [0.1, 0.15) is 46.0 Å². The first-order valence-electron chi connectivity index (χ1n) is 7.29. The average molecular weight is 268 g/mol. The van der Waals surface area contributed by atoms with Gasteiger partial charge in [-0.15, -0.1) is 0 Å². The van der Waals surface area contributed by atoms with Crippen LogP contribution in [0.2, 0.25) is 0 Å². The lowest BCUT2D eigenvalue weighted by atomic mass is 9.84. The number of amides is 2. The monoisotopic (exact) mass is 268 g/mol. The van der Waals surface area contributed by atoms with Crippen LogP contribution in [0.15, 0.2) is 0 Å². The van der Waals surface area contributed by atoms with Crippen molar-refractivity contribution < 1.29 is 14.7 Å². The molecule has 19 heavy (non-hydrogen) atoms. The summed E-state index contributed by atoms with van der Waals surface area (Å²) in [6, 6.07) is -0.0428. The number of carbonyl (C=O) groups excluding carboxylic acids is 1. The number of carboxylic acid groups (broad SMARTS) is 1. The van der Waals surface area contributed by atoms with E-state index in [1.165, 1.54) is 0 Å². The zero-order valence-electron chi connectivity index (χ0n) is 11.8. The zero-order chi connectivity index (χ0) is 14.0. The highest BCUT2D eigenvalue weighted by molar-refractivity contribution is 5.77. The molecule has 2 amide bonds. The fraction of sp³-hybridized carbons (Fsp3) is 0.857. The first-order valence-corrected chi connectivity index (χ1v) is 7.29. The van der Waals surface area contributed by atoms with Crippen molar-refractivity contribution in [2.24, 2.45) is 11.8 Å². The van der Waals surface area contributed by atoms with Gasteiger partial charge in [-0.25, -0.2) is 4.79 Å². The van der Waals surface area contributed by atoms with Crippen molar-refractivity contribution >= 4 is 12.0 Å². The molecule has 5 nitrogen and oxygen atoms in total. The molecule has 2 N–H and O–H groups in total. The number of urea groups is 1. The van der Waals surface area contributed by atoms with Gasteiger partial charge in [0.25, 0.3) is 0 Å². The Hall–Kier alpha value is -1.26. The van der Waals surface area contributed by atoms with Gasteiger partial charge in [0.2, 0.25) is 0 Å². The molecule has 2 fully saturated rings. The van der Waals surface area contributed by atoms with Gasteiger partial charge in [-0.05, 0) is 32.1 Å². The van der Waals surface area contributed by atoms with Gasteiger partial charge in [0.05, 0.1) is 5.92 Å². The highest BCUT2D eigenvalue weighted by Gasteiger charge is 2.35. The lowest BCUT2D eigenvalue weighted by molar-refractivity contribution is -0.143. The number of carboxylic acids is 1.